The molecule has 3 aliphatic rings. The van der Waals surface area contributed by atoms with Gasteiger partial charge in [-0.25, -0.2) is 0 Å². The first kappa shape index (κ1) is 13.4. The Hall–Kier alpha value is -1.32. The molecule has 3 atom stereocenters. The molecule has 0 amide bonds. The Morgan fingerprint density at radius 1 is 1.19 bits per heavy atom. The van der Waals surface area contributed by atoms with Crippen LogP contribution in [-0.2, 0) is 16.7 Å². The average Bonchev–Trinajstić information content (AvgIpc) is 2.93. The minimum absolute atomic E-state index is 0.123. The highest BCUT2D eigenvalue weighted by Crippen LogP contribution is 2.53. The van der Waals surface area contributed by atoms with Gasteiger partial charge >= 0.3 is 0 Å². The summed E-state index contributed by atoms with van der Waals surface area (Å²) in [4.78, 5) is 2.69. The Labute approximate surface area is 126 Å². The van der Waals surface area contributed by atoms with Crippen LogP contribution in [-0.4, -0.2) is 38.3 Å². The predicted molar refractivity (Wildman–Crippen MR) is 82.6 cm³/mol. The van der Waals surface area contributed by atoms with Crippen LogP contribution < -0.4 is 4.74 Å². The first-order valence-corrected chi connectivity index (χ1v) is 7.91. The third kappa shape index (κ3) is 1.80. The first-order chi connectivity index (χ1) is 10.3. The summed E-state index contributed by atoms with van der Waals surface area (Å²) >= 11 is 0. The fourth-order valence-corrected chi connectivity index (χ4v) is 4.65. The molecular weight excluding hydrogens is 262 g/mol. The van der Waals surface area contributed by atoms with Gasteiger partial charge < -0.3 is 9.47 Å². The van der Waals surface area contributed by atoms with Crippen LogP contribution in [0.4, 0.5) is 0 Å². The highest BCUT2D eigenvalue weighted by molar-refractivity contribution is 5.45. The van der Waals surface area contributed by atoms with Gasteiger partial charge in [0.2, 0.25) is 0 Å². The summed E-state index contributed by atoms with van der Waals surface area (Å²) in [6.07, 6.45) is 8.34. The Balaban J connectivity index is 1.88. The second-order valence-electron chi connectivity index (χ2n) is 6.44. The number of fused-ring (bicyclic) bond motifs is 1. The highest BCUT2D eigenvalue weighted by Gasteiger charge is 2.53. The number of ether oxygens (including phenoxy) is 2. The van der Waals surface area contributed by atoms with Crippen molar-refractivity contribution in [2.75, 3.05) is 27.3 Å². The molecule has 2 heterocycles. The number of benzene rings is 1. The number of hydrogen-bond donors (Lipinski definition) is 0. The SMILES string of the molecule is COc1ccc2c(c1)[C@@]13C[C@@H](OC)C=C[C@@H]1CCN3CC2. The molecule has 0 aromatic heterocycles. The molecule has 1 saturated heterocycles. The molecule has 2 aliphatic heterocycles. The van der Waals surface area contributed by atoms with Crippen LogP contribution in [0, 0.1) is 5.92 Å². The van der Waals surface area contributed by atoms with Crippen molar-refractivity contribution in [1.82, 2.24) is 4.90 Å². The van der Waals surface area contributed by atoms with Crippen LogP contribution in [0.1, 0.15) is 24.0 Å². The topological polar surface area (TPSA) is 21.7 Å². The standard InChI is InChI=1S/C18H23NO2/c1-20-15-5-3-13-7-9-19-10-8-14-4-6-16(21-2)12-18(14,19)17(13)11-15/h3-6,11,14,16H,7-10,12H2,1-2H3/t14-,16+,18-/m1/s1. The van der Waals surface area contributed by atoms with E-state index < -0.39 is 0 Å². The van der Waals surface area contributed by atoms with E-state index in [-0.39, 0.29) is 11.6 Å². The fourth-order valence-electron chi connectivity index (χ4n) is 4.65. The van der Waals surface area contributed by atoms with Gasteiger partial charge in [-0.2, -0.15) is 0 Å². The summed E-state index contributed by atoms with van der Waals surface area (Å²) in [5.74, 6) is 1.58. The van der Waals surface area contributed by atoms with E-state index in [1.807, 2.05) is 7.11 Å². The van der Waals surface area contributed by atoms with E-state index in [1.165, 1.54) is 30.6 Å². The zero-order chi connectivity index (χ0) is 14.4. The van der Waals surface area contributed by atoms with Gasteiger partial charge in [-0.1, -0.05) is 18.2 Å². The van der Waals surface area contributed by atoms with Crippen LogP contribution >= 0.6 is 0 Å². The van der Waals surface area contributed by atoms with Gasteiger partial charge in [0.15, 0.2) is 0 Å². The number of rotatable bonds is 2. The van der Waals surface area contributed by atoms with Crippen molar-refractivity contribution < 1.29 is 9.47 Å². The van der Waals surface area contributed by atoms with Gasteiger partial charge in [-0.15, -0.1) is 0 Å². The van der Waals surface area contributed by atoms with E-state index in [0.717, 1.165) is 18.6 Å². The minimum atomic E-state index is 0.123. The maximum atomic E-state index is 5.67. The molecule has 1 aliphatic carbocycles. The van der Waals surface area contributed by atoms with Gasteiger partial charge in [0.1, 0.15) is 5.75 Å². The van der Waals surface area contributed by atoms with Crippen LogP contribution in [0.25, 0.3) is 0 Å². The average molecular weight is 285 g/mol. The van der Waals surface area contributed by atoms with E-state index in [4.69, 9.17) is 9.47 Å². The molecule has 0 saturated carbocycles. The van der Waals surface area contributed by atoms with E-state index >= 15 is 0 Å². The van der Waals surface area contributed by atoms with E-state index in [1.54, 1.807) is 7.11 Å². The molecule has 3 nitrogen and oxygen atoms in total. The Morgan fingerprint density at radius 2 is 2.10 bits per heavy atom. The number of nitrogens with zero attached hydrogens (tertiary/aromatic N) is 1. The van der Waals surface area contributed by atoms with Crippen molar-refractivity contribution in [2.24, 2.45) is 5.92 Å². The van der Waals surface area contributed by atoms with Gasteiger partial charge in [0.05, 0.1) is 18.8 Å². The molecule has 3 heteroatoms. The predicted octanol–water partition coefficient (Wildman–Crippen LogP) is 2.74. The van der Waals surface area contributed by atoms with Gasteiger partial charge in [0.25, 0.3) is 0 Å². The van der Waals surface area contributed by atoms with Crippen molar-refractivity contribution in [3.63, 3.8) is 0 Å². The molecule has 0 bridgehead atoms. The van der Waals surface area contributed by atoms with Crippen LogP contribution in [0.15, 0.2) is 30.4 Å². The van der Waals surface area contributed by atoms with Crippen molar-refractivity contribution in [3.05, 3.63) is 41.5 Å². The maximum absolute atomic E-state index is 5.67. The van der Waals surface area contributed by atoms with Crippen LogP contribution in [0.2, 0.25) is 0 Å². The lowest BCUT2D eigenvalue weighted by Gasteiger charge is -2.49. The van der Waals surface area contributed by atoms with E-state index in [9.17, 15) is 0 Å². The van der Waals surface area contributed by atoms with Crippen LogP contribution in [0.3, 0.4) is 0 Å². The smallest absolute Gasteiger partial charge is 0.119 e. The molecule has 0 N–H and O–H groups in total. The summed E-state index contributed by atoms with van der Waals surface area (Å²) in [7, 11) is 3.57. The maximum Gasteiger partial charge on any atom is 0.119 e. The molecule has 0 unspecified atom stereocenters. The summed E-state index contributed by atoms with van der Waals surface area (Å²) in [6, 6.07) is 6.63. The highest BCUT2D eigenvalue weighted by atomic mass is 16.5. The Bertz CT molecular complexity index is 583. The molecule has 1 spiro atoms. The normalized spacial score (nSPS) is 34.2. The molecular formula is C18H23NO2. The Morgan fingerprint density at radius 3 is 2.90 bits per heavy atom. The monoisotopic (exact) mass is 285 g/mol. The second-order valence-corrected chi connectivity index (χ2v) is 6.44. The zero-order valence-electron chi connectivity index (χ0n) is 12.8. The van der Waals surface area contributed by atoms with Crippen molar-refractivity contribution in [2.45, 2.75) is 30.9 Å². The van der Waals surface area contributed by atoms with Gasteiger partial charge in [-0.05, 0) is 42.6 Å². The first-order valence-electron chi connectivity index (χ1n) is 7.91. The molecule has 0 radical (unpaired) electrons. The molecule has 112 valence electrons. The quantitative estimate of drug-likeness (QED) is 0.780. The molecule has 4 rings (SSSR count). The van der Waals surface area contributed by atoms with Crippen molar-refractivity contribution >= 4 is 0 Å². The third-order valence-corrected chi connectivity index (χ3v) is 5.70. The molecule has 1 fully saturated rings. The van der Waals surface area contributed by atoms with Crippen molar-refractivity contribution in [1.29, 1.82) is 0 Å². The summed E-state index contributed by atoms with van der Waals surface area (Å²) in [5.41, 5.74) is 3.09. The lowest BCUT2D eigenvalue weighted by molar-refractivity contribution is 0.0204. The summed E-state index contributed by atoms with van der Waals surface area (Å²) in [5, 5.41) is 0. The lowest BCUT2D eigenvalue weighted by atomic mass is 9.68. The number of hydrogen-bond acceptors (Lipinski definition) is 3. The van der Waals surface area contributed by atoms with Crippen LogP contribution in [0.5, 0.6) is 5.75 Å². The minimum Gasteiger partial charge on any atom is -0.497 e. The third-order valence-electron chi connectivity index (χ3n) is 5.70. The molecule has 1 aromatic carbocycles. The summed E-state index contributed by atoms with van der Waals surface area (Å²) in [6.45, 7) is 2.36. The zero-order valence-corrected chi connectivity index (χ0v) is 12.8. The summed E-state index contributed by atoms with van der Waals surface area (Å²) < 4.78 is 11.2. The second kappa shape index (κ2) is 4.85. The molecule has 21 heavy (non-hydrogen) atoms. The Kier molecular flexibility index (Phi) is 3.09. The largest absolute Gasteiger partial charge is 0.497 e. The van der Waals surface area contributed by atoms with E-state index in [0.29, 0.717) is 5.92 Å². The van der Waals surface area contributed by atoms with Gasteiger partial charge in [0, 0.05) is 26.0 Å². The number of methoxy groups -OCH3 is 2. The molecule has 1 aromatic rings. The lowest BCUT2D eigenvalue weighted by Crippen LogP contribution is -2.52. The van der Waals surface area contributed by atoms with Gasteiger partial charge in [-0.3, -0.25) is 4.90 Å². The van der Waals surface area contributed by atoms with Crippen molar-refractivity contribution in [3.8, 4) is 5.75 Å². The fraction of sp³-hybridized carbons (Fsp3) is 0.556. The van der Waals surface area contributed by atoms with E-state index in [2.05, 4.69) is 35.3 Å².